The fourth-order valence-electron chi connectivity index (χ4n) is 3.57. The molecular weight excluding hydrogens is 228 g/mol. The third-order valence-electron chi connectivity index (χ3n) is 4.46. The quantitative estimate of drug-likeness (QED) is 0.803. The topological polar surface area (TPSA) is 66.6 Å². The van der Waals surface area contributed by atoms with Crippen molar-refractivity contribution in [3.05, 3.63) is 0 Å². The minimum Gasteiger partial charge on any atom is -0.481 e. The first-order valence-corrected chi connectivity index (χ1v) is 7.36. The van der Waals surface area contributed by atoms with Gasteiger partial charge in [0.05, 0.1) is 0 Å². The van der Waals surface area contributed by atoms with Crippen molar-refractivity contribution in [3.63, 3.8) is 0 Å². The van der Waals surface area contributed by atoms with Crippen molar-refractivity contribution in [2.45, 2.75) is 63.5 Å². The molecule has 0 amide bonds. The highest BCUT2D eigenvalue weighted by Gasteiger charge is 2.30. The number of aliphatic carboxylic acids is 1. The number of nitrogens with zero attached hydrogens (tertiary/aromatic N) is 1. The summed E-state index contributed by atoms with van der Waals surface area (Å²) in [7, 11) is 0. The van der Waals surface area contributed by atoms with Gasteiger partial charge in [0, 0.05) is 31.6 Å². The van der Waals surface area contributed by atoms with E-state index in [9.17, 15) is 4.79 Å². The Balaban J connectivity index is 1.85. The zero-order valence-corrected chi connectivity index (χ0v) is 11.2. The molecule has 2 rings (SSSR count). The van der Waals surface area contributed by atoms with Gasteiger partial charge in [0.1, 0.15) is 0 Å². The molecule has 1 saturated heterocycles. The van der Waals surface area contributed by atoms with Crippen LogP contribution in [-0.2, 0) is 4.79 Å². The lowest BCUT2D eigenvalue weighted by atomic mass is 9.87. The molecule has 2 unspecified atom stereocenters. The van der Waals surface area contributed by atoms with Gasteiger partial charge in [-0.3, -0.25) is 9.69 Å². The van der Waals surface area contributed by atoms with Crippen molar-refractivity contribution in [1.82, 2.24) is 4.90 Å². The molecule has 1 saturated carbocycles. The number of likely N-dealkylation sites (tertiary alicyclic amines) is 1. The molecule has 0 aromatic rings. The van der Waals surface area contributed by atoms with Gasteiger partial charge in [0.2, 0.25) is 0 Å². The second kappa shape index (κ2) is 6.53. The Morgan fingerprint density at radius 3 is 2.61 bits per heavy atom. The fourth-order valence-corrected chi connectivity index (χ4v) is 3.57. The van der Waals surface area contributed by atoms with Crippen molar-refractivity contribution < 1.29 is 9.90 Å². The Kier molecular flexibility index (Phi) is 5.01. The third-order valence-corrected chi connectivity index (χ3v) is 4.46. The van der Waals surface area contributed by atoms with E-state index in [1.165, 1.54) is 32.1 Å². The fraction of sp³-hybridized carbons (Fsp3) is 0.929. The number of nitrogens with two attached hydrogens (primary N) is 1. The van der Waals surface area contributed by atoms with Crippen LogP contribution in [0.25, 0.3) is 0 Å². The SMILES string of the molecule is NC1CC(CCC(=O)O)CN(C2CCCCC2)C1. The zero-order valence-electron chi connectivity index (χ0n) is 11.2. The van der Waals surface area contributed by atoms with Crippen LogP contribution in [0, 0.1) is 5.92 Å². The number of carboxylic acids is 1. The lowest BCUT2D eigenvalue weighted by molar-refractivity contribution is -0.137. The average Bonchev–Trinajstić information content (AvgIpc) is 2.37. The summed E-state index contributed by atoms with van der Waals surface area (Å²) in [6.45, 7) is 2.07. The summed E-state index contributed by atoms with van der Waals surface area (Å²) in [5, 5.41) is 8.78. The van der Waals surface area contributed by atoms with Gasteiger partial charge in [-0.25, -0.2) is 0 Å². The van der Waals surface area contributed by atoms with Gasteiger partial charge >= 0.3 is 5.97 Å². The number of carboxylic acid groups (broad SMARTS) is 1. The molecule has 104 valence electrons. The number of hydrogen-bond acceptors (Lipinski definition) is 3. The molecule has 0 aromatic carbocycles. The largest absolute Gasteiger partial charge is 0.481 e. The van der Waals surface area contributed by atoms with Crippen LogP contribution < -0.4 is 5.73 Å². The molecular formula is C14H26N2O2. The highest BCUT2D eigenvalue weighted by atomic mass is 16.4. The molecule has 4 heteroatoms. The molecule has 2 aliphatic rings. The summed E-state index contributed by atoms with van der Waals surface area (Å²) in [4.78, 5) is 13.2. The first kappa shape index (κ1) is 13.8. The maximum Gasteiger partial charge on any atom is 0.303 e. The highest BCUT2D eigenvalue weighted by Crippen LogP contribution is 2.28. The van der Waals surface area contributed by atoms with Crippen LogP contribution in [0.4, 0.5) is 0 Å². The van der Waals surface area contributed by atoms with Crippen molar-refractivity contribution >= 4 is 5.97 Å². The van der Waals surface area contributed by atoms with Crippen LogP contribution in [-0.4, -0.2) is 41.1 Å². The van der Waals surface area contributed by atoms with Gasteiger partial charge in [0.25, 0.3) is 0 Å². The number of piperidine rings is 1. The number of carbonyl (C=O) groups is 1. The van der Waals surface area contributed by atoms with Crippen LogP contribution in [0.15, 0.2) is 0 Å². The van der Waals surface area contributed by atoms with E-state index in [4.69, 9.17) is 10.8 Å². The molecule has 4 nitrogen and oxygen atoms in total. The average molecular weight is 254 g/mol. The Labute approximate surface area is 110 Å². The van der Waals surface area contributed by atoms with E-state index < -0.39 is 5.97 Å². The van der Waals surface area contributed by atoms with Crippen molar-refractivity contribution in [2.24, 2.45) is 11.7 Å². The summed E-state index contributed by atoms with van der Waals surface area (Å²) in [5.41, 5.74) is 6.14. The van der Waals surface area contributed by atoms with Crippen LogP contribution in [0.1, 0.15) is 51.4 Å². The van der Waals surface area contributed by atoms with Gasteiger partial charge in [0.15, 0.2) is 0 Å². The zero-order chi connectivity index (χ0) is 13.0. The maximum atomic E-state index is 10.7. The Morgan fingerprint density at radius 1 is 1.22 bits per heavy atom. The Morgan fingerprint density at radius 2 is 1.94 bits per heavy atom. The minimum absolute atomic E-state index is 0.236. The normalized spacial score (nSPS) is 31.4. The first-order valence-electron chi connectivity index (χ1n) is 7.36. The molecule has 0 spiro atoms. The molecule has 1 heterocycles. The van der Waals surface area contributed by atoms with Crippen LogP contribution >= 0.6 is 0 Å². The van der Waals surface area contributed by atoms with Gasteiger partial charge in [-0.2, -0.15) is 0 Å². The van der Waals surface area contributed by atoms with Gasteiger partial charge < -0.3 is 10.8 Å². The number of rotatable bonds is 4. The maximum absolute atomic E-state index is 10.7. The van der Waals surface area contributed by atoms with Crippen molar-refractivity contribution in [1.29, 1.82) is 0 Å². The van der Waals surface area contributed by atoms with Gasteiger partial charge in [-0.1, -0.05) is 19.3 Å². The minimum atomic E-state index is -0.682. The van der Waals surface area contributed by atoms with E-state index in [1.807, 2.05) is 0 Å². The Hall–Kier alpha value is -0.610. The monoisotopic (exact) mass is 254 g/mol. The van der Waals surface area contributed by atoms with E-state index >= 15 is 0 Å². The standard InChI is InChI=1S/C14H26N2O2/c15-12-8-11(6-7-14(17)18)9-16(10-12)13-4-2-1-3-5-13/h11-13H,1-10,15H2,(H,17,18). The van der Waals surface area contributed by atoms with Crippen LogP contribution in [0.2, 0.25) is 0 Å². The molecule has 18 heavy (non-hydrogen) atoms. The van der Waals surface area contributed by atoms with Gasteiger partial charge in [-0.15, -0.1) is 0 Å². The molecule has 1 aliphatic carbocycles. The van der Waals surface area contributed by atoms with E-state index in [1.54, 1.807) is 0 Å². The summed E-state index contributed by atoms with van der Waals surface area (Å²) in [6, 6.07) is 0.942. The van der Waals surface area contributed by atoms with E-state index in [2.05, 4.69) is 4.90 Å². The lowest BCUT2D eigenvalue weighted by Gasteiger charge is -2.42. The predicted molar refractivity (Wildman–Crippen MR) is 71.4 cm³/mol. The number of hydrogen-bond donors (Lipinski definition) is 2. The summed E-state index contributed by atoms with van der Waals surface area (Å²) in [5.74, 6) is -0.204. The third kappa shape index (κ3) is 3.95. The van der Waals surface area contributed by atoms with E-state index in [0.29, 0.717) is 12.0 Å². The molecule has 0 aromatic heterocycles. The molecule has 2 fully saturated rings. The molecule has 0 bridgehead atoms. The van der Waals surface area contributed by atoms with E-state index in [0.717, 1.165) is 25.9 Å². The second-order valence-corrected chi connectivity index (χ2v) is 6.04. The lowest BCUT2D eigenvalue weighted by Crippen LogP contribution is -2.51. The smallest absolute Gasteiger partial charge is 0.303 e. The second-order valence-electron chi connectivity index (χ2n) is 6.04. The van der Waals surface area contributed by atoms with Crippen LogP contribution in [0.3, 0.4) is 0 Å². The molecule has 2 atom stereocenters. The van der Waals surface area contributed by atoms with Crippen molar-refractivity contribution in [3.8, 4) is 0 Å². The summed E-state index contributed by atoms with van der Waals surface area (Å²) >= 11 is 0. The van der Waals surface area contributed by atoms with Crippen LogP contribution in [0.5, 0.6) is 0 Å². The predicted octanol–water partition coefficient (Wildman–Crippen LogP) is 1.83. The molecule has 1 aliphatic heterocycles. The van der Waals surface area contributed by atoms with Gasteiger partial charge in [-0.05, 0) is 31.6 Å². The molecule has 3 N–H and O–H groups in total. The van der Waals surface area contributed by atoms with E-state index in [-0.39, 0.29) is 12.5 Å². The summed E-state index contributed by atoms with van der Waals surface area (Å²) < 4.78 is 0. The first-order chi connectivity index (χ1) is 8.65. The molecule has 0 radical (unpaired) electrons. The highest BCUT2D eigenvalue weighted by molar-refractivity contribution is 5.66. The Bertz CT molecular complexity index is 277. The van der Waals surface area contributed by atoms with Crippen molar-refractivity contribution in [2.75, 3.05) is 13.1 Å². The summed E-state index contributed by atoms with van der Waals surface area (Å²) in [6.07, 6.45) is 8.74.